The summed E-state index contributed by atoms with van der Waals surface area (Å²) < 4.78 is 0. The second-order valence-corrected chi connectivity index (χ2v) is 16.0. The lowest BCUT2D eigenvalue weighted by Gasteiger charge is -2.04. The van der Waals surface area contributed by atoms with Crippen LogP contribution in [0.2, 0.25) is 0 Å². The summed E-state index contributed by atoms with van der Waals surface area (Å²) in [6.07, 6.45) is 1.10. The van der Waals surface area contributed by atoms with E-state index in [0.717, 1.165) is 6.42 Å². The van der Waals surface area contributed by atoms with E-state index in [9.17, 15) is 0 Å². The molecule has 0 spiro atoms. The Kier molecular flexibility index (Phi) is 75.1. The third-order valence-corrected chi connectivity index (χ3v) is 11.7. The first kappa shape index (κ1) is 94.1. The van der Waals surface area contributed by atoms with Crippen LogP contribution >= 0.6 is 0 Å². The minimum absolute atomic E-state index is 0.558. The Bertz CT molecular complexity index is 2780. The number of hydrogen-bond donors (Lipinski definition) is 0. The maximum absolute atomic E-state index is 2.28. The summed E-state index contributed by atoms with van der Waals surface area (Å²) in [7, 11) is 0. The summed E-state index contributed by atoms with van der Waals surface area (Å²) in [5, 5.41) is 5.24. The van der Waals surface area contributed by atoms with E-state index in [4.69, 9.17) is 0 Å². The summed E-state index contributed by atoms with van der Waals surface area (Å²) in [6, 6.07) is 101. The molecule has 0 atom stereocenters. The quantitative estimate of drug-likeness (QED) is 0.154. The highest BCUT2D eigenvalue weighted by Gasteiger charge is 2.23. The van der Waals surface area contributed by atoms with Crippen LogP contribution in [0.25, 0.3) is 54.9 Å². The average molecular weight is 1230 g/mol. The number of fused-ring (bicyclic) bond motifs is 8. The molecule has 0 unspecified atom stereocenters. The molecule has 0 heteroatoms. The zero-order valence-corrected chi connectivity index (χ0v) is 63.0. The molecule has 496 valence electrons. The number of benzene rings is 11. The van der Waals surface area contributed by atoms with Crippen molar-refractivity contribution in [2.24, 2.45) is 0 Å². The highest BCUT2D eigenvalue weighted by molar-refractivity contribution is 5.83. The normalized spacial score (nSPS) is 8.74. The van der Waals surface area contributed by atoms with Crippen LogP contribution in [0.4, 0.5) is 0 Å². The molecule has 91 heavy (non-hydrogen) atoms. The van der Waals surface area contributed by atoms with Gasteiger partial charge in [0, 0.05) is 5.92 Å². The largest absolute Gasteiger partial charge is 0.0683 e. The predicted molar refractivity (Wildman–Crippen MR) is 428 cm³/mol. The molecule has 0 amide bonds. The Morgan fingerprint density at radius 2 is 0.341 bits per heavy atom. The first-order valence-electron chi connectivity index (χ1n) is 35.6. The highest BCUT2D eigenvalue weighted by atomic mass is 14.3. The van der Waals surface area contributed by atoms with Crippen molar-refractivity contribution in [2.75, 3.05) is 0 Å². The van der Waals surface area contributed by atoms with Crippen LogP contribution in [0, 0.1) is 0 Å². The highest BCUT2D eigenvalue weighted by Crippen LogP contribution is 2.44. The molecular weight excluding hydrogens is 1090 g/mol. The summed E-state index contributed by atoms with van der Waals surface area (Å²) in [6.45, 7) is 54.3. The van der Waals surface area contributed by atoms with Crippen molar-refractivity contribution in [3.8, 4) is 33.4 Å². The smallest absolute Gasteiger partial charge is 0.00733 e. The fraction of sp³-hybridized carbons (Fsp3) is 0.319. The van der Waals surface area contributed by atoms with Gasteiger partial charge in [-0.05, 0) is 83.6 Å². The third kappa shape index (κ3) is 37.6. The van der Waals surface area contributed by atoms with Crippen LogP contribution in [0.15, 0.2) is 291 Å². The Morgan fingerprint density at radius 1 is 0.176 bits per heavy atom. The Morgan fingerprint density at radius 3 is 0.571 bits per heavy atom. The van der Waals surface area contributed by atoms with E-state index in [1.165, 1.54) is 77.2 Å². The predicted octanol–water partition coefficient (Wildman–Crippen LogP) is 31.1. The summed E-state index contributed by atoms with van der Waals surface area (Å²) in [4.78, 5) is 0. The van der Waals surface area contributed by atoms with E-state index in [1.807, 2.05) is 229 Å². The van der Waals surface area contributed by atoms with Gasteiger partial charge in [0.1, 0.15) is 0 Å². The van der Waals surface area contributed by atoms with Crippen molar-refractivity contribution >= 4 is 21.5 Å². The molecule has 0 heterocycles. The Labute approximate surface area is 564 Å². The van der Waals surface area contributed by atoms with Crippen molar-refractivity contribution in [3.05, 3.63) is 313 Å². The molecule has 11 aromatic carbocycles. The third-order valence-electron chi connectivity index (χ3n) is 11.7. The molecule has 0 saturated carbocycles. The molecule has 2 aliphatic carbocycles. The van der Waals surface area contributed by atoms with Crippen LogP contribution in [0.5, 0.6) is 0 Å². The average Bonchev–Trinajstić information content (AvgIpc) is 1.73. The lowest BCUT2D eigenvalue weighted by atomic mass is 10.00. The minimum atomic E-state index is 0.558. The fourth-order valence-electron chi connectivity index (χ4n) is 8.40. The molecule has 0 aliphatic heterocycles. The fourth-order valence-corrected chi connectivity index (χ4v) is 8.40. The molecular formula is C91H132. The second-order valence-electron chi connectivity index (χ2n) is 16.0. The van der Waals surface area contributed by atoms with Crippen LogP contribution in [0.1, 0.15) is 215 Å². The topological polar surface area (TPSA) is 0 Å². The molecule has 0 N–H and O–H groups in total. The van der Waals surface area contributed by atoms with E-state index in [1.54, 1.807) is 0 Å². The van der Waals surface area contributed by atoms with E-state index < -0.39 is 0 Å². The monoisotopic (exact) mass is 1230 g/mol. The van der Waals surface area contributed by atoms with E-state index in [0.29, 0.717) is 5.92 Å². The van der Waals surface area contributed by atoms with Gasteiger partial charge in [0.25, 0.3) is 0 Å². The van der Waals surface area contributed by atoms with Gasteiger partial charge in [-0.25, -0.2) is 0 Å². The van der Waals surface area contributed by atoms with Gasteiger partial charge in [0.05, 0.1) is 0 Å². The van der Waals surface area contributed by atoms with Crippen LogP contribution in [0.3, 0.4) is 0 Å². The maximum Gasteiger partial charge on any atom is 0.00733 e. The van der Waals surface area contributed by atoms with Gasteiger partial charge in [-0.1, -0.05) is 478 Å². The molecule has 0 radical (unpaired) electrons. The number of rotatable bonds is 1. The first-order chi connectivity index (χ1) is 45.2. The van der Waals surface area contributed by atoms with E-state index >= 15 is 0 Å². The van der Waals surface area contributed by atoms with Crippen molar-refractivity contribution in [3.63, 3.8) is 0 Å². The summed E-state index contributed by atoms with van der Waals surface area (Å²) in [5.74, 6) is 0.558. The van der Waals surface area contributed by atoms with Crippen molar-refractivity contribution in [2.45, 2.75) is 199 Å². The zero-order valence-electron chi connectivity index (χ0n) is 63.0. The Balaban J connectivity index is -0.000000224. The lowest BCUT2D eigenvalue weighted by Crippen LogP contribution is -1.87. The second kappa shape index (κ2) is 72.7. The van der Waals surface area contributed by atoms with Gasteiger partial charge >= 0.3 is 0 Å². The number of hydrogen-bond acceptors (Lipinski definition) is 0. The molecule has 11 aromatic rings. The van der Waals surface area contributed by atoms with Crippen LogP contribution in [-0.2, 0) is 6.42 Å². The first-order valence-corrected chi connectivity index (χ1v) is 35.6. The lowest BCUT2D eigenvalue weighted by molar-refractivity contribution is 0.957. The summed E-state index contributed by atoms with van der Waals surface area (Å²) >= 11 is 0. The van der Waals surface area contributed by atoms with E-state index in [2.05, 4.69) is 250 Å². The molecule has 0 bridgehead atoms. The van der Waals surface area contributed by atoms with Gasteiger partial charge in [0.2, 0.25) is 0 Å². The standard InChI is InChI=1S/C14H12.C13H10.C12H10.2C10H8.C6H6.13C2H6/c1-10-11-6-2-4-8-13(11)14-9-5-3-7-12(10)14;1-3-7-12-10(5-1)9-11-6-2-4-8-13(11)12;1-3-7-11(8-4-1)12-9-5-2-6-10-12;2*1-2-6-10-8-4-3-7-9(10)5-1;1-2-4-6-5-3-1;13*1-2/h2-10H,1H3;1-8H,9H2;1-10H;2*1-8H;1-6H;13*1-2H3. The molecule has 0 saturated heterocycles. The van der Waals surface area contributed by atoms with Gasteiger partial charge in [-0.15, -0.1) is 0 Å². The zero-order chi connectivity index (χ0) is 70.3. The van der Waals surface area contributed by atoms with E-state index in [-0.39, 0.29) is 0 Å². The van der Waals surface area contributed by atoms with Crippen molar-refractivity contribution in [1.29, 1.82) is 0 Å². The molecule has 13 rings (SSSR count). The SMILES string of the molecule is CC.CC.CC.CC.CC.CC.CC.CC.CC.CC.CC.CC.CC.CC1c2ccccc2-c2ccccc21.c1ccc(-c2ccccc2)cc1.c1ccc2c(c1)Cc1ccccc1-2.c1ccc2ccccc2c1.c1ccc2ccccc2c1.c1ccccc1. The van der Waals surface area contributed by atoms with Crippen molar-refractivity contribution < 1.29 is 0 Å². The molecule has 0 aromatic heterocycles. The summed E-state index contributed by atoms with van der Waals surface area (Å²) in [5.41, 5.74) is 14.1. The van der Waals surface area contributed by atoms with Crippen LogP contribution < -0.4 is 0 Å². The van der Waals surface area contributed by atoms with Crippen molar-refractivity contribution in [1.82, 2.24) is 0 Å². The Hall–Kier alpha value is -8.06. The maximum atomic E-state index is 2.28. The molecule has 0 fully saturated rings. The molecule has 0 nitrogen and oxygen atoms in total. The minimum Gasteiger partial charge on any atom is -0.0683 e. The van der Waals surface area contributed by atoms with Crippen LogP contribution in [-0.4, -0.2) is 0 Å². The molecule has 2 aliphatic rings. The van der Waals surface area contributed by atoms with Gasteiger partial charge in [-0.3, -0.25) is 0 Å². The van der Waals surface area contributed by atoms with Gasteiger partial charge in [-0.2, -0.15) is 0 Å². The van der Waals surface area contributed by atoms with Gasteiger partial charge in [0.15, 0.2) is 0 Å². The van der Waals surface area contributed by atoms with Gasteiger partial charge < -0.3 is 0 Å².